The number of ether oxygens (including phenoxy) is 1. The first-order valence-electron chi connectivity index (χ1n) is 7.98. The molecule has 0 bridgehead atoms. The molecule has 0 amide bonds. The summed E-state index contributed by atoms with van der Waals surface area (Å²) in [4.78, 5) is 6.65. The summed E-state index contributed by atoms with van der Waals surface area (Å²) in [7, 11) is 4.02. The molecule has 0 aromatic heterocycles. The minimum Gasteiger partial charge on any atom is -0.381 e. The number of hydrogen-bond donors (Lipinski definition) is 2. The molecule has 2 N–H and O–H groups in total. The Morgan fingerprint density at radius 2 is 2.05 bits per heavy atom. The molecule has 0 radical (unpaired) electrons. The lowest BCUT2D eigenvalue weighted by Gasteiger charge is -2.15. The van der Waals surface area contributed by atoms with Crippen LogP contribution in [0.5, 0.6) is 0 Å². The standard InChI is InChI=1S/C15H30N4O.HI/c1-16-15(18-10-14-6-8-19(2)11-14)17-7-3-9-20-12-13-4-5-13;/h13-14H,3-12H2,1-2H3,(H2,16,17,18);1H. The van der Waals surface area contributed by atoms with Gasteiger partial charge < -0.3 is 20.3 Å². The Hall–Kier alpha value is -0.0800. The highest BCUT2D eigenvalue weighted by molar-refractivity contribution is 14.0. The monoisotopic (exact) mass is 410 g/mol. The van der Waals surface area contributed by atoms with Gasteiger partial charge >= 0.3 is 0 Å². The van der Waals surface area contributed by atoms with Crippen molar-refractivity contribution < 1.29 is 4.74 Å². The molecule has 1 aliphatic carbocycles. The smallest absolute Gasteiger partial charge is 0.190 e. The molecule has 0 aromatic carbocycles. The summed E-state index contributed by atoms with van der Waals surface area (Å²) >= 11 is 0. The minimum atomic E-state index is 0. The number of guanidine groups is 1. The molecular formula is C15H31IN4O. The Labute approximate surface area is 146 Å². The molecular weight excluding hydrogens is 379 g/mol. The van der Waals surface area contributed by atoms with Crippen LogP contribution in [0.4, 0.5) is 0 Å². The summed E-state index contributed by atoms with van der Waals surface area (Å²) in [5.74, 6) is 2.53. The Kier molecular flexibility index (Phi) is 9.59. The van der Waals surface area contributed by atoms with Gasteiger partial charge in [-0.25, -0.2) is 0 Å². The Balaban J connectivity index is 0.00000220. The van der Waals surface area contributed by atoms with E-state index in [1.165, 1.54) is 32.4 Å². The fraction of sp³-hybridized carbons (Fsp3) is 0.933. The molecule has 21 heavy (non-hydrogen) atoms. The zero-order valence-electron chi connectivity index (χ0n) is 13.4. The number of nitrogens with zero attached hydrogens (tertiary/aromatic N) is 2. The molecule has 2 aliphatic rings. The topological polar surface area (TPSA) is 48.9 Å². The van der Waals surface area contributed by atoms with Gasteiger partial charge in [0.15, 0.2) is 5.96 Å². The maximum absolute atomic E-state index is 5.62. The number of nitrogens with one attached hydrogen (secondary N) is 2. The highest BCUT2D eigenvalue weighted by atomic mass is 127. The van der Waals surface area contributed by atoms with E-state index in [0.29, 0.717) is 0 Å². The van der Waals surface area contributed by atoms with E-state index in [9.17, 15) is 0 Å². The molecule has 1 aliphatic heterocycles. The second-order valence-corrected chi connectivity index (χ2v) is 6.17. The van der Waals surface area contributed by atoms with E-state index in [1.54, 1.807) is 0 Å². The van der Waals surface area contributed by atoms with Gasteiger partial charge in [0.25, 0.3) is 0 Å². The van der Waals surface area contributed by atoms with Crippen molar-refractivity contribution in [1.82, 2.24) is 15.5 Å². The van der Waals surface area contributed by atoms with E-state index in [-0.39, 0.29) is 24.0 Å². The van der Waals surface area contributed by atoms with E-state index in [4.69, 9.17) is 4.74 Å². The van der Waals surface area contributed by atoms with Gasteiger partial charge in [0.05, 0.1) is 0 Å². The van der Waals surface area contributed by atoms with E-state index in [0.717, 1.165) is 50.5 Å². The number of halogens is 1. The number of likely N-dealkylation sites (tertiary alicyclic amines) is 1. The largest absolute Gasteiger partial charge is 0.381 e. The van der Waals surface area contributed by atoms with Crippen molar-refractivity contribution >= 4 is 29.9 Å². The van der Waals surface area contributed by atoms with Gasteiger partial charge in [0, 0.05) is 39.9 Å². The summed E-state index contributed by atoms with van der Waals surface area (Å²) in [6, 6.07) is 0. The summed E-state index contributed by atoms with van der Waals surface area (Å²) < 4.78 is 5.62. The summed E-state index contributed by atoms with van der Waals surface area (Å²) in [5, 5.41) is 6.78. The molecule has 124 valence electrons. The predicted octanol–water partition coefficient (Wildman–Crippen LogP) is 1.54. The molecule has 1 heterocycles. The lowest BCUT2D eigenvalue weighted by molar-refractivity contribution is 0.123. The van der Waals surface area contributed by atoms with Crippen LogP contribution in [0.25, 0.3) is 0 Å². The first-order chi connectivity index (χ1) is 9.78. The zero-order valence-corrected chi connectivity index (χ0v) is 15.8. The summed E-state index contributed by atoms with van der Waals surface area (Å²) in [5.41, 5.74) is 0. The molecule has 1 saturated heterocycles. The SMILES string of the molecule is CN=C(NCCCOCC1CC1)NCC1CCN(C)C1.I. The van der Waals surface area contributed by atoms with E-state index < -0.39 is 0 Å². The van der Waals surface area contributed by atoms with Crippen LogP contribution in [0.1, 0.15) is 25.7 Å². The van der Waals surface area contributed by atoms with Gasteiger partial charge in [-0.3, -0.25) is 4.99 Å². The molecule has 2 rings (SSSR count). The molecule has 1 unspecified atom stereocenters. The van der Waals surface area contributed by atoms with Crippen LogP contribution in [0, 0.1) is 11.8 Å². The summed E-state index contributed by atoms with van der Waals surface area (Å²) in [6.45, 7) is 6.17. The molecule has 0 aromatic rings. The number of aliphatic imine (C=N–C) groups is 1. The van der Waals surface area contributed by atoms with Crippen LogP contribution in [-0.2, 0) is 4.74 Å². The highest BCUT2D eigenvalue weighted by Gasteiger charge is 2.21. The zero-order chi connectivity index (χ0) is 14.2. The van der Waals surface area contributed by atoms with Gasteiger partial charge in [-0.1, -0.05) is 0 Å². The molecule has 0 spiro atoms. The lowest BCUT2D eigenvalue weighted by atomic mass is 10.1. The average Bonchev–Trinajstić information content (AvgIpc) is 3.18. The maximum Gasteiger partial charge on any atom is 0.190 e. The van der Waals surface area contributed by atoms with Gasteiger partial charge in [0.2, 0.25) is 0 Å². The third kappa shape index (κ3) is 8.21. The van der Waals surface area contributed by atoms with Crippen LogP contribution in [0.3, 0.4) is 0 Å². The molecule has 6 heteroatoms. The van der Waals surface area contributed by atoms with Crippen molar-refractivity contribution in [3.63, 3.8) is 0 Å². The van der Waals surface area contributed by atoms with Crippen molar-refractivity contribution in [1.29, 1.82) is 0 Å². The normalized spacial score (nSPS) is 23.0. The third-order valence-electron chi connectivity index (χ3n) is 4.08. The van der Waals surface area contributed by atoms with Gasteiger partial charge in [-0.15, -0.1) is 24.0 Å². The minimum absolute atomic E-state index is 0. The fourth-order valence-corrected chi connectivity index (χ4v) is 2.57. The van der Waals surface area contributed by atoms with Gasteiger partial charge in [-0.05, 0) is 51.1 Å². The molecule has 5 nitrogen and oxygen atoms in total. The van der Waals surface area contributed by atoms with Crippen molar-refractivity contribution in [3.05, 3.63) is 0 Å². The number of rotatable bonds is 8. The summed E-state index contributed by atoms with van der Waals surface area (Å²) in [6.07, 6.45) is 5.06. The number of hydrogen-bond acceptors (Lipinski definition) is 3. The van der Waals surface area contributed by atoms with Crippen LogP contribution >= 0.6 is 24.0 Å². The predicted molar refractivity (Wildman–Crippen MR) is 98.5 cm³/mol. The third-order valence-corrected chi connectivity index (χ3v) is 4.08. The van der Waals surface area contributed by atoms with Crippen LogP contribution in [0.15, 0.2) is 4.99 Å². The molecule has 1 atom stereocenters. The Morgan fingerprint density at radius 3 is 2.67 bits per heavy atom. The fourth-order valence-electron chi connectivity index (χ4n) is 2.57. The van der Waals surface area contributed by atoms with Crippen LogP contribution < -0.4 is 10.6 Å². The van der Waals surface area contributed by atoms with E-state index >= 15 is 0 Å². The Morgan fingerprint density at radius 1 is 1.24 bits per heavy atom. The van der Waals surface area contributed by atoms with Gasteiger partial charge in [-0.2, -0.15) is 0 Å². The quantitative estimate of drug-likeness (QED) is 0.276. The van der Waals surface area contributed by atoms with Crippen molar-refractivity contribution in [2.24, 2.45) is 16.8 Å². The second-order valence-electron chi connectivity index (χ2n) is 6.17. The van der Waals surface area contributed by atoms with Gasteiger partial charge in [0.1, 0.15) is 0 Å². The lowest BCUT2D eigenvalue weighted by Crippen LogP contribution is -2.40. The second kappa shape index (κ2) is 10.6. The van der Waals surface area contributed by atoms with Crippen LogP contribution in [-0.4, -0.2) is 64.3 Å². The van der Waals surface area contributed by atoms with Crippen molar-refractivity contribution in [2.75, 3.05) is 53.5 Å². The average molecular weight is 410 g/mol. The van der Waals surface area contributed by atoms with E-state index in [2.05, 4.69) is 27.6 Å². The Bertz CT molecular complexity index is 310. The maximum atomic E-state index is 5.62. The molecule has 1 saturated carbocycles. The van der Waals surface area contributed by atoms with E-state index in [1.807, 2.05) is 7.05 Å². The van der Waals surface area contributed by atoms with Crippen molar-refractivity contribution in [3.8, 4) is 0 Å². The first kappa shape index (κ1) is 19.0. The van der Waals surface area contributed by atoms with Crippen molar-refractivity contribution in [2.45, 2.75) is 25.7 Å². The highest BCUT2D eigenvalue weighted by Crippen LogP contribution is 2.28. The molecule has 2 fully saturated rings. The van der Waals surface area contributed by atoms with Crippen LogP contribution in [0.2, 0.25) is 0 Å². The first-order valence-corrected chi connectivity index (χ1v) is 7.98.